The van der Waals surface area contributed by atoms with Crippen molar-refractivity contribution in [2.75, 3.05) is 5.32 Å². The van der Waals surface area contributed by atoms with Crippen LogP contribution in [0.25, 0.3) is 0 Å². The highest BCUT2D eigenvalue weighted by molar-refractivity contribution is 7.15. The molecule has 24 heavy (non-hydrogen) atoms. The number of alkyl halides is 3. The maximum Gasteiger partial charge on any atom is 0.573 e. The Bertz CT molecular complexity index is 671. The molecule has 5 nitrogen and oxygen atoms in total. The van der Waals surface area contributed by atoms with E-state index < -0.39 is 12.3 Å². The maximum atomic E-state index is 12.1. The van der Waals surface area contributed by atoms with Gasteiger partial charge in [-0.05, 0) is 30.7 Å². The van der Waals surface area contributed by atoms with Gasteiger partial charge in [-0.15, -0.1) is 23.4 Å². The average Bonchev–Trinajstić information content (AvgIpc) is 2.94. The molecule has 0 aliphatic rings. The molecule has 0 aliphatic heterocycles. The molecule has 0 aliphatic carbocycles. The molecule has 0 saturated carbocycles. The number of aryl methyl sites for hydroxylation is 1. The van der Waals surface area contributed by atoms with Crippen LogP contribution in [0.15, 0.2) is 24.3 Å². The number of unbranched alkanes of at least 4 members (excludes halogenated alkanes) is 2. The summed E-state index contributed by atoms with van der Waals surface area (Å²) in [5.41, 5.74) is 0.201. The van der Waals surface area contributed by atoms with Gasteiger partial charge in [0.05, 0.1) is 0 Å². The first-order chi connectivity index (χ1) is 11.4. The number of ether oxygens (including phenoxy) is 1. The highest BCUT2D eigenvalue weighted by Crippen LogP contribution is 2.23. The van der Waals surface area contributed by atoms with Crippen molar-refractivity contribution in [3.63, 3.8) is 0 Å². The van der Waals surface area contributed by atoms with Crippen LogP contribution in [0.4, 0.5) is 18.3 Å². The third-order valence-corrected chi connectivity index (χ3v) is 3.93. The number of anilines is 1. The van der Waals surface area contributed by atoms with Crippen molar-refractivity contribution in [1.82, 2.24) is 10.2 Å². The van der Waals surface area contributed by atoms with Crippen LogP contribution >= 0.6 is 11.3 Å². The molecular weight excluding hydrogens is 343 g/mol. The second-order valence-electron chi connectivity index (χ2n) is 4.98. The molecule has 1 aromatic heterocycles. The van der Waals surface area contributed by atoms with Gasteiger partial charge in [-0.1, -0.05) is 31.1 Å². The van der Waals surface area contributed by atoms with Gasteiger partial charge >= 0.3 is 6.36 Å². The molecule has 0 fully saturated rings. The predicted molar refractivity (Wildman–Crippen MR) is 84.2 cm³/mol. The molecule has 0 saturated heterocycles. The lowest BCUT2D eigenvalue weighted by molar-refractivity contribution is -0.274. The number of amides is 1. The largest absolute Gasteiger partial charge is 0.573 e. The van der Waals surface area contributed by atoms with E-state index in [2.05, 4.69) is 27.2 Å². The van der Waals surface area contributed by atoms with Crippen molar-refractivity contribution in [2.45, 2.75) is 39.0 Å². The van der Waals surface area contributed by atoms with Gasteiger partial charge in [0.1, 0.15) is 10.8 Å². The minimum atomic E-state index is -4.76. The molecule has 0 atom stereocenters. The summed E-state index contributed by atoms with van der Waals surface area (Å²) in [5.74, 6) is -0.849. The fraction of sp³-hybridized carbons (Fsp3) is 0.400. The molecule has 1 amide bonds. The molecule has 1 aromatic carbocycles. The predicted octanol–water partition coefficient (Wildman–Crippen LogP) is 4.42. The summed E-state index contributed by atoms with van der Waals surface area (Å²) in [7, 11) is 0. The SMILES string of the molecule is CCCCCc1nnc(NC(=O)c2ccc(OC(F)(F)F)cc2)s1. The van der Waals surface area contributed by atoms with E-state index in [4.69, 9.17) is 0 Å². The number of rotatable bonds is 7. The smallest absolute Gasteiger partial charge is 0.406 e. The van der Waals surface area contributed by atoms with E-state index in [-0.39, 0.29) is 11.3 Å². The number of nitrogens with one attached hydrogen (secondary N) is 1. The van der Waals surface area contributed by atoms with Gasteiger partial charge in [0.2, 0.25) is 5.13 Å². The minimum absolute atomic E-state index is 0.201. The second kappa shape index (κ2) is 8.09. The van der Waals surface area contributed by atoms with Crippen LogP contribution in [0.1, 0.15) is 41.6 Å². The Balaban J connectivity index is 1.92. The van der Waals surface area contributed by atoms with Crippen molar-refractivity contribution < 1.29 is 22.7 Å². The quantitative estimate of drug-likeness (QED) is 0.743. The molecule has 0 bridgehead atoms. The zero-order chi connectivity index (χ0) is 17.6. The van der Waals surface area contributed by atoms with Crippen LogP contribution in [-0.2, 0) is 6.42 Å². The number of benzene rings is 1. The van der Waals surface area contributed by atoms with E-state index >= 15 is 0 Å². The highest BCUT2D eigenvalue weighted by Gasteiger charge is 2.31. The molecule has 9 heteroatoms. The van der Waals surface area contributed by atoms with Crippen LogP contribution in [-0.4, -0.2) is 22.5 Å². The van der Waals surface area contributed by atoms with Crippen molar-refractivity contribution in [3.8, 4) is 5.75 Å². The highest BCUT2D eigenvalue weighted by atomic mass is 32.1. The standard InChI is InChI=1S/C15H16F3N3O2S/c1-2-3-4-5-12-20-21-14(24-12)19-13(22)10-6-8-11(9-7-10)23-15(16,17)18/h6-9H,2-5H2,1H3,(H,19,21,22). The molecule has 1 heterocycles. The number of carbonyl (C=O) groups is 1. The van der Waals surface area contributed by atoms with E-state index in [1.807, 2.05) is 0 Å². The number of aromatic nitrogens is 2. The summed E-state index contributed by atoms with van der Waals surface area (Å²) < 4.78 is 40.0. The van der Waals surface area contributed by atoms with Gasteiger partial charge in [-0.25, -0.2) is 0 Å². The lowest BCUT2D eigenvalue weighted by atomic mass is 10.2. The van der Waals surface area contributed by atoms with E-state index in [1.165, 1.54) is 23.5 Å². The Kier molecular flexibility index (Phi) is 6.13. The number of hydrogen-bond donors (Lipinski definition) is 1. The van der Waals surface area contributed by atoms with Crippen LogP contribution in [0, 0.1) is 0 Å². The van der Waals surface area contributed by atoms with Crippen molar-refractivity contribution in [3.05, 3.63) is 34.8 Å². The third-order valence-electron chi connectivity index (χ3n) is 3.03. The molecule has 0 unspecified atom stereocenters. The molecular formula is C15H16F3N3O2S. The topological polar surface area (TPSA) is 64.1 Å². The second-order valence-corrected chi connectivity index (χ2v) is 6.05. The fourth-order valence-corrected chi connectivity index (χ4v) is 2.69. The number of hydrogen-bond acceptors (Lipinski definition) is 5. The Labute approximate surface area is 140 Å². The molecule has 0 spiro atoms. The van der Waals surface area contributed by atoms with Gasteiger partial charge in [0.15, 0.2) is 0 Å². The molecule has 1 N–H and O–H groups in total. The monoisotopic (exact) mass is 359 g/mol. The van der Waals surface area contributed by atoms with Gasteiger partial charge in [0.25, 0.3) is 5.91 Å². The zero-order valence-corrected chi connectivity index (χ0v) is 13.7. The summed E-state index contributed by atoms with van der Waals surface area (Å²) in [6, 6.07) is 4.66. The summed E-state index contributed by atoms with van der Waals surface area (Å²) in [6.45, 7) is 2.11. The Hall–Kier alpha value is -2.16. The fourth-order valence-electron chi connectivity index (χ4n) is 1.91. The summed E-state index contributed by atoms with van der Waals surface area (Å²) in [5, 5.41) is 11.7. The van der Waals surface area contributed by atoms with E-state index in [1.54, 1.807) is 0 Å². The van der Waals surface area contributed by atoms with Gasteiger partial charge < -0.3 is 4.74 Å². The zero-order valence-electron chi connectivity index (χ0n) is 12.9. The maximum absolute atomic E-state index is 12.1. The van der Waals surface area contributed by atoms with Gasteiger partial charge in [-0.2, -0.15) is 0 Å². The average molecular weight is 359 g/mol. The lowest BCUT2D eigenvalue weighted by Gasteiger charge is -2.08. The van der Waals surface area contributed by atoms with Crippen LogP contribution < -0.4 is 10.1 Å². The summed E-state index contributed by atoms with van der Waals surface area (Å²) in [4.78, 5) is 12.0. The molecule has 2 rings (SSSR count). The van der Waals surface area contributed by atoms with Crippen molar-refractivity contribution in [1.29, 1.82) is 0 Å². The first kappa shape index (κ1) is 18.2. The van der Waals surface area contributed by atoms with Crippen molar-refractivity contribution >= 4 is 22.4 Å². The Morgan fingerprint density at radius 2 is 1.92 bits per heavy atom. The first-order valence-corrected chi connectivity index (χ1v) is 8.18. The number of nitrogens with zero attached hydrogens (tertiary/aromatic N) is 2. The molecule has 130 valence electrons. The van der Waals surface area contributed by atoms with Gasteiger partial charge in [0, 0.05) is 12.0 Å². The summed E-state index contributed by atoms with van der Waals surface area (Å²) >= 11 is 1.29. The number of carbonyl (C=O) groups excluding carboxylic acids is 1. The Morgan fingerprint density at radius 3 is 2.54 bits per heavy atom. The van der Waals surface area contributed by atoms with E-state index in [0.717, 1.165) is 42.8 Å². The van der Waals surface area contributed by atoms with Crippen molar-refractivity contribution in [2.24, 2.45) is 0 Å². The van der Waals surface area contributed by atoms with E-state index in [9.17, 15) is 18.0 Å². The normalized spacial score (nSPS) is 11.3. The number of halogens is 3. The van der Waals surface area contributed by atoms with Gasteiger partial charge in [-0.3, -0.25) is 10.1 Å². The van der Waals surface area contributed by atoms with Crippen LogP contribution in [0.3, 0.4) is 0 Å². The molecule has 2 aromatic rings. The minimum Gasteiger partial charge on any atom is -0.406 e. The lowest BCUT2D eigenvalue weighted by Crippen LogP contribution is -2.17. The van der Waals surface area contributed by atoms with Crippen LogP contribution in [0.2, 0.25) is 0 Å². The Morgan fingerprint density at radius 1 is 1.21 bits per heavy atom. The summed E-state index contributed by atoms with van der Waals surface area (Å²) in [6.07, 6.45) is -0.723. The van der Waals surface area contributed by atoms with E-state index in [0.29, 0.717) is 5.13 Å². The van der Waals surface area contributed by atoms with Crippen LogP contribution in [0.5, 0.6) is 5.75 Å². The third kappa shape index (κ3) is 5.80. The first-order valence-electron chi connectivity index (χ1n) is 7.37. The molecule has 0 radical (unpaired) electrons.